The largest absolute Gasteiger partial charge is 0.494 e. The van der Waals surface area contributed by atoms with Gasteiger partial charge in [-0.2, -0.15) is 0 Å². The number of amides is 2. The Bertz CT molecular complexity index is 857. The molecule has 0 aliphatic carbocycles. The Hall–Kier alpha value is -2.61. The molecule has 1 saturated heterocycles. The van der Waals surface area contributed by atoms with Gasteiger partial charge < -0.3 is 20.1 Å². The van der Waals surface area contributed by atoms with Gasteiger partial charge in [0.1, 0.15) is 11.8 Å². The zero-order valence-electron chi connectivity index (χ0n) is 23.4. The predicted octanol–water partition coefficient (Wildman–Crippen LogP) is 5.07. The number of nitrogens with one attached hydrogen (secondary N) is 1. The van der Waals surface area contributed by atoms with E-state index in [0.717, 1.165) is 63.1 Å². The average molecular weight is 518 g/mol. The second-order valence-electron chi connectivity index (χ2n) is 11.4. The lowest BCUT2D eigenvalue weighted by atomic mass is 9.82. The van der Waals surface area contributed by atoms with Crippen LogP contribution in [-0.2, 0) is 4.79 Å². The number of carbonyl (C=O) groups is 3. The Morgan fingerprint density at radius 3 is 2.24 bits per heavy atom. The van der Waals surface area contributed by atoms with Crippen LogP contribution in [0.1, 0.15) is 83.5 Å². The van der Waals surface area contributed by atoms with Gasteiger partial charge in [-0.05, 0) is 54.9 Å². The van der Waals surface area contributed by atoms with E-state index in [0.29, 0.717) is 26.1 Å². The van der Waals surface area contributed by atoms with Crippen molar-refractivity contribution in [1.82, 2.24) is 15.1 Å². The first-order chi connectivity index (χ1) is 17.5. The van der Waals surface area contributed by atoms with Crippen LogP contribution in [0.2, 0.25) is 0 Å². The number of ketones is 1. The fourth-order valence-electron chi connectivity index (χ4n) is 4.95. The lowest BCUT2D eigenvalue weighted by molar-refractivity contribution is -0.136. The molecule has 1 heterocycles. The molecule has 1 aromatic carbocycles. The van der Waals surface area contributed by atoms with E-state index < -0.39 is 12.1 Å². The minimum atomic E-state index is -1.16. The first-order valence-electron chi connectivity index (χ1n) is 13.8. The lowest BCUT2D eigenvalue weighted by Gasteiger charge is -2.38. The van der Waals surface area contributed by atoms with Crippen LogP contribution in [0.15, 0.2) is 24.3 Å². The van der Waals surface area contributed by atoms with E-state index in [2.05, 4.69) is 37.9 Å². The molecule has 1 aliphatic rings. The van der Waals surface area contributed by atoms with E-state index in [1.807, 2.05) is 31.2 Å². The van der Waals surface area contributed by atoms with Gasteiger partial charge in [0.05, 0.1) is 6.61 Å². The first kappa shape index (κ1) is 30.6. The highest BCUT2D eigenvalue weighted by atomic mass is 16.5. The number of carbonyl (C=O) groups excluding carboxylic acids is 2. The Balaban J connectivity index is 1.73. The van der Waals surface area contributed by atoms with Crippen molar-refractivity contribution in [1.29, 1.82) is 0 Å². The van der Waals surface area contributed by atoms with Crippen LogP contribution in [0.3, 0.4) is 0 Å². The molecule has 8 nitrogen and oxygen atoms in total. The summed E-state index contributed by atoms with van der Waals surface area (Å²) in [6, 6.07) is 6.68. The van der Waals surface area contributed by atoms with Crippen molar-refractivity contribution in [3.8, 4) is 5.75 Å². The van der Waals surface area contributed by atoms with Crippen molar-refractivity contribution in [2.75, 3.05) is 39.3 Å². The van der Waals surface area contributed by atoms with Crippen LogP contribution in [0.25, 0.3) is 0 Å². The molecule has 0 radical (unpaired) electrons. The lowest BCUT2D eigenvalue weighted by Crippen LogP contribution is -2.57. The van der Waals surface area contributed by atoms with Gasteiger partial charge in [-0.25, -0.2) is 4.79 Å². The molecular weight excluding hydrogens is 470 g/mol. The number of piperazine rings is 1. The number of carboxylic acid groups (broad SMARTS) is 1. The molecule has 1 fully saturated rings. The van der Waals surface area contributed by atoms with Crippen molar-refractivity contribution in [2.24, 2.45) is 11.3 Å². The molecule has 8 heteroatoms. The van der Waals surface area contributed by atoms with Crippen molar-refractivity contribution in [3.63, 3.8) is 0 Å². The standard InChI is InChI=1S/C29H47N3O5/c1-6-7-8-10-25(33)23-11-13-24(14-12-23)37-20-9-15-31-16-18-32(19-17-31)27(34)26(30-28(35)36)22(2)21-29(3,4)5/h11-14,22,26,30H,6-10,15-21H2,1-5H3,(H,35,36)/t22?,26-/m0/s1. The van der Waals surface area contributed by atoms with E-state index in [9.17, 15) is 19.5 Å². The molecule has 0 aromatic heterocycles. The molecule has 2 atom stereocenters. The number of ether oxygens (including phenoxy) is 1. The average Bonchev–Trinajstić information content (AvgIpc) is 2.84. The van der Waals surface area contributed by atoms with Crippen LogP contribution >= 0.6 is 0 Å². The van der Waals surface area contributed by atoms with Gasteiger partial charge in [0.25, 0.3) is 0 Å². The van der Waals surface area contributed by atoms with E-state index in [1.54, 1.807) is 4.90 Å². The highest BCUT2D eigenvalue weighted by Crippen LogP contribution is 2.27. The molecule has 1 aromatic rings. The van der Waals surface area contributed by atoms with Crippen LogP contribution in [0, 0.1) is 11.3 Å². The molecule has 2 amide bonds. The first-order valence-corrected chi connectivity index (χ1v) is 13.8. The van der Waals surface area contributed by atoms with Crippen molar-refractivity contribution < 1.29 is 24.2 Å². The summed E-state index contributed by atoms with van der Waals surface area (Å²) in [7, 11) is 0. The van der Waals surface area contributed by atoms with Gasteiger partial charge in [0.2, 0.25) is 5.91 Å². The summed E-state index contributed by atoms with van der Waals surface area (Å²) >= 11 is 0. The van der Waals surface area contributed by atoms with Crippen LogP contribution in [0.5, 0.6) is 5.75 Å². The third-order valence-corrected chi connectivity index (χ3v) is 6.80. The van der Waals surface area contributed by atoms with Gasteiger partial charge in [-0.15, -0.1) is 0 Å². The number of Topliss-reactive ketones (excluding diaryl/α,β-unsaturated/α-hetero) is 1. The summed E-state index contributed by atoms with van der Waals surface area (Å²) in [5.74, 6) is 0.731. The van der Waals surface area contributed by atoms with E-state index in [1.165, 1.54) is 0 Å². The monoisotopic (exact) mass is 517 g/mol. The Morgan fingerprint density at radius 2 is 1.68 bits per heavy atom. The second kappa shape index (κ2) is 15.0. The van der Waals surface area contributed by atoms with Crippen LogP contribution < -0.4 is 10.1 Å². The maximum Gasteiger partial charge on any atom is 0.405 e. The van der Waals surface area contributed by atoms with E-state index in [-0.39, 0.29) is 23.0 Å². The summed E-state index contributed by atoms with van der Waals surface area (Å²) in [4.78, 5) is 40.8. The van der Waals surface area contributed by atoms with Gasteiger partial charge in [0.15, 0.2) is 5.78 Å². The normalized spacial score (nSPS) is 16.2. The topological polar surface area (TPSA) is 99.2 Å². The summed E-state index contributed by atoms with van der Waals surface area (Å²) in [5, 5.41) is 11.7. The number of nitrogens with zero attached hydrogens (tertiary/aromatic N) is 2. The third-order valence-electron chi connectivity index (χ3n) is 6.80. The van der Waals surface area contributed by atoms with Crippen molar-refractivity contribution in [3.05, 3.63) is 29.8 Å². The van der Waals surface area contributed by atoms with Crippen LogP contribution in [-0.4, -0.2) is 78.1 Å². The summed E-state index contributed by atoms with van der Waals surface area (Å²) in [5.41, 5.74) is 0.747. The van der Waals surface area contributed by atoms with Crippen molar-refractivity contribution in [2.45, 2.75) is 79.2 Å². The number of unbranched alkanes of at least 4 members (excludes halogenated alkanes) is 2. The van der Waals surface area contributed by atoms with Gasteiger partial charge >= 0.3 is 6.09 Å². The third kappa shape index (κ3) is 11.1. The van der Waals surface area contributed by atoms with E-state index in [4.69, 9.17) is 4.74 Å². The van der Waals surface area contributed by atoms with Gasteiger partial charge in [0, 0.05) is 44.7 Å². The molecule has 1 aliphatic heterocycles. The smallest absolute Gasteiger partial charge is 0.405 e. The summed E-state index contributed by atoms with van der Waals surface area (Å²) in [6.45, 7) is 14.5. The second-order valence-corrected chi connectivity index (χ2v) is 11.4. The summed E-state index contributed by atoms with van der Waals surface area (Å²) < 4.78 is 5.86. The van der Waals surface area contributed by atoms with Crippen molar-refractivity contribution >= 4 is 17.8 Å². The highest BCUT2D eigenvalue weighted by Gasteiger charge is 2.34. The fraction of sp³-hybridized carbons (Fsp3) is 0.690. The minimum absolute atomic E-state index is 0.00656. The molecule has 0 saturated carbocycles. The summed E-state index contributed by atoms with van der Waals surface area (Å²) in [6.07, 6.45) is 4.17. The zero-order chi connectivity index (χ0) is 27.4. The molecule has 0 spiro atoms. The molecule has 37 heavy (non-hydrogen) atoms. The predicted molar refractivity (Wildman–Crippen MR) is 146 cm³/mol. The Morgan fingerprint density at radius 1 is 1.03 bits per heavy atom. The molecule has 2 rings (SSSR count). The van der Waals surface area contributed by atoms with E-state index >= 15 is 0 Å². The molecule has 1 unspecified atom stereocenters. The maximum atomic E-state index is 13.2. The maximum absolute atomic E-state index is 13.2. The minimum Gasteiger partial charge on any atom is -0.494 e. The molecule has 2 N–H and O–H groups in total. The number of hydrogen-bond donors (Lipinski definition) is 2. The quantitative estimate of drug-likeness (QED) is 0.264. The Kier molecular flexibility index (Phi) is 12.4. The SMILES string of the molecule is CCCCCC(=O)c1ccc(OCCCN2CCN(C(=O)[C@@H](NC(=O)O)C(C)CC(C)(C)C)CC2)cc1. The van der Waals surface area contributed by atoms with Gasteiger partial charge in [-0.1, -0.05) is 47.5 Å². The molecule has 208 valence electrons. The Labute approximate surface area is 222 Å². The highest BCUT2D eigenvalue weighted by molar-refractivity contribution is 5.96. The zero-order valence-corrected chi connectivity index (χ0v) is 23.4. The molecular formula is C29H47N3O5. The fourth-order valence-corrected chi connectivity index (χ4v) is 4.95. The van der Waals surface area contributed by atoms with Gasteiger partial charge in [-0.3, -0.25) is 14.5 Å². The number of rotatable bonds is 14. The number of benzene rings is 1. The molecule has 0 bridgehead atoms. The van der Waals surface area contributed by atoms with Crippen LogP contribution in [0.4, 0.5) is 4.79 Å². The number of hydrogen-bond acceptors (Lipinski definition) is 5.